The molecule has 22 heavy (non-hydrogen) atoms. The standard InChI is InChI=1S/C17H15N3O2/c18-11-14-9-5-4-8-13(14)10-15(16(19)21)20-17(22)12-6-2-1-3-7-12/h1-9,15H,10H2,(H2,19,21)(H,20,22)/t15-/m0/s1. The van der Waals surface area contributed by atoms with Crippen LogP contribution in [0.5, 0.6) is 0 Å². The summed E-state index contributed by atoms with van der Waals surface area (Å²) >= 11 is 0. The van der Waals surface area contributed by atoms with E-state index in [4.69, 9.17) is 11.0 Å². The molecule has 2 rings (SSSR count). The van der Waals surface area contributed by atoms with Crippen LogP contribution < -0.4 is 11.1 Å². The molecule has 110 valence electrons. The molecule has 0 fully saturated rings. The Morgan fingerprint density at radius 1 is 1.09 bits per heavy atom. The summed E-state index contributed by atoms with van der Waals surface area (Å²) < 4.78 is 0. The molecule has 5 heteroatoms. The fourth-order valence-corrected chi connectivity index (χ4v) is 2.08. The number of nitriles is 1. The third kappa shape index (κ3) is 3.70. The molecular weight excluding hydrogens is 278 g/mol. The monoisotopic (exact) mass is 293 g/mol. The minimum Gasteiger partial charge on any atom is -0.368 e. The van der Waals surface area contributed by atoms with E-state index in [0.29, 0.717) is 16.7 Å². The quantitative estimate of drug-likeness (QED) is 0.871. The molecule has 0 spiro atoms. The summed E-state index contributed by atoms with van der Waals surface area (Å²) in [5.41, 5.74) is 6.94. The van der Waals surface area contributed by atoms with Gasteiger partial charge in [-0.2, -0.15) is 5.26 Å². The third-order valence-electron chi connectivity index (χ3n) is 3.25. The van der Waals surface area contributed by atoms with Crippen molar-refractivity contribution in [3.8, 4) is 6.07 Å². The summed E-state index contributed by atoms with van der Waals surface area (Å²) in [4.78, 5) is 23.7. The summed E-state index contributed by atoms with van der Waals surface area (Å²) in [7, 11) is 0. The van der Waals surface area contributed by atoms with Crippen LogP contribution in [-0.4, -0.2) is 17.9 Å². The number of hydrogen-bond donors (Lipinski definition) is 2. The lowest BCUT2D eigenvalue weighted by Gasteiger charge is -2.16. The van der Waals surface area contributed by atoms with Gasteiger partial charge in [-0.05, 0) is 23.8 Å². The number of primary amides is 1. The molecule has 2 aromatic rings. The van der Waals surface area contributed by atoms with Gasteiger partial charge in [-0.25, -0.2) is 0 Å². The molecule has 0 unspecified atom stereocenters. The molecule has 0 saturated heterocycles. The van der Waals surface area contributed by atoms with Gasteiger partial charge in [-0.1, -0.05) is 36.4 Å². The number of nitrogens with one attached hydrogen (secondary N) is 1. The highest BCUT2D eigenvalue weighted by Gasteiger charge is 2.20. The second-order valence-corrected chi connectivity index (χ2v) is 4.77. The molecule has 0 bridgehead atoms. The molecule has 0 aliphatic heterocycles. The van der Waals surface area contributed by atoms with Crippen LogP contribution in [0.3, 0.4) is 0 Å². The molecule has 0 aromatic heterocycles. The summed E-state index contributed by atoms with van der Waals surface area (Å²) in [6.07, 6.45) is 0.178. The number of hydrogen-bond acceptors (Lipinski definition) is 3. The first-order valence-corrected chi connectivity index (χ1v) is 6.75. The Balaban J connectivity index is 2.16. The van der Waals surface area contributed by atoms with Crippen LogP contribution in [0.15, 0.2) is 54.6 Å². The molecule has 0 aliphatic carbocycles. The zero-order valence-electron chi connectivity index (χ0n) is 11.8. The summed E-state index contributed by atoms with van der Waals surface area (Å²) in [5, 5.41) is 11.7. The molecule has 1 atom stereocenters. The van der Waals surface area contributed by atoms with E-state index in [-0.39, 0.29) is 12.3 Å². The van der Waals surface area contributed by atoms with Crippen LogP contribution in [0.4, 0.5) is 0 Å². The van der Waals surface area contributed by atoms with E-state index in [9.17, 15) is 9.59 Å². The van der Waals surface area contributed by atoms with Crippen molar-refractivity contribution in [3.05, 3.63) is 71.3 Å². The van der Waals surface area contributed by atoms with Crippen LogP contribution >= 0.6 is 0 Å². The highest BCUT2D eigenvalue weighted by molar-refractivity contribution is 5.97. The maximum absolute atomic E-state index is 12.1. The number of carbonyl (C=O) groups excluding carboxylic acids is 2. The van der Waals surface area contributed by atoms with Gasteiger partial charge < -0.3 is 11.1 Å². The summed E-state index contributed by atoms with van der Waals surface area (Å²) in [6.45, 7) is 0. The van der Waals surface area contributed by atoms with Gasteiger partial charge in [0, 0.05) is 12.0 Å². The smallest absolute Gasteiger partial charge is 0.251 e. The van der Waals surface area contributed by atoms with Gasteiger partial charge in [0.15, 0.2) is 0 Å². The largest absolute Gasteiger partial charge is 0.368 e. The average Bonchev–Trinajstić information content (AvgIpc) is 2.55. The van der Waals surface area contributed by atoms with E-state index < -0.39 is 11.9 Å². The van der Waals surface area contributed by atoms with Gasteiger partial charge in [-0.3, -0.25) is 9.59 Å². The first-order chi connectivity index (χ1) is 10.6. The van der Waals surface area contributed by atoms with Crippen LogP contribution in [-0.2, 0) is 11.2 Å². The first-order valence-electron chi connectivity index (χ1n) is 6.75. The van der Waals surface area contributed by atoms with Crippen molar-refractivity contribution in [2.45, 2.75) is 12.5 Å². The second kappa shape index (κ2) is 7.04. The minimum absolute atomic E-state index is 0.178. The van der Waals surface area contributed by atoms with Crippen molar-refractivity contribution < 1.29 is 9.59 Å². The summed E-state index contributed by atoms with van der Waals surface area (Å²) in [5.74, 6) is -1.02. The van der Waals surface area contributed by atoms with E-state index in [0.717, 1.165) is 0 Å². The Morgan fingerprint density at radius 3 is 2.36 bits per heavy atom. The van der Waals surface area contributed by atoms with E-state index in [1.54, 1.807) is 54.6 Å². The number of nitrogens with zero attached hydrogens (tertiary/aromatic N) is 1. The molecular formula is C17H15N3O2. The van der Waals surface area contributed by atoms with Crippen molar-refractivity contribution in [1.82, 2.24) is 5.32 Å². The van der Waals surface area contributed by atoms with Crippen molar-refractivity contribution in [1.29, 1.82) is 5.26 Å². The Morgan fingerprint density at radius 2 is 1.73 bits per heavy atom. The van der Waals surface area contributed by atoms with E-state index in [2.05, 4.69) is 11.4 Å². The Labute approximate surface area is 128 Å². The zero-order chi connectivity index (χ0) is 15.9. The SMILES string of the molecule is N#Cc1ccccc1C[C@H](NC(=O)c1ccccc1)C(N)=O. The lowest BCUT2D eigenvalue weighted by atomic mass is 10.00. The topological polar surface area (TPSA) is 96.0 Å². The van der Waals surface area contributed by atoms with Gasteiger partial charge >= 0.3 is 0 Å². The maximum Gasteiger partial charge on any atom is 0.251 e. The predicted molar refractivity (Wildman–Crippen MR) is 81.8 cm³/mol. The van der Waals surface area contributed by atoms with Gasteiger partial charge in [0.05, 0.1) is 11.6 Å². The van der Waals surface area contributed by atoms with Crippen LogP contribution in [0.1, 0.15) is 21.5 Å². The molecule has 0 saturated carbocycles. The molecule has 0 aliphatic rings. The third-order valence-corrected chi connectivity index (χ3v) is 3.25. The lowest BCUT2D eigenvalue weighted by Crippen LogP contribution is -2.46. The predicted octanol–water partition coefficient (Wildman–Crippen LogP) is 1.38. The molecule has 2 aromatic carbocycles. The van der Waals surface area contributed by atoms with Crippen molar-refractivity contribution in [3.63, 3.8) is 0 Å². The van der Waals surface area contributed by atoms with Crippen LogP contribution in [0, 0.1) is 11.3 Å². The number of benzene rings is 2. The second-order valence-electron chi connectivity index (χ2n) is 4.77. The Hall–Kier alpha value is -3.13. The molecule has 3 N–H and O–H groups in total. The maximum atomic E-state index is 12.1. The lowest BCUT2D eigenvalue weighted by molar-refractivity contribution is -0.119. The van der Waals surface area contributed by atoms with Gasteiger partial charge in [0.2, 0.25) is 5.91 Å². The zero-order valence-corrected chi connectivity index (χ0v) is 11.8. The first kappa shape index (κ1) is 15.3. The molecule has 0 heterocycles. The van der Waals surface area contributed by atoms with Crippen LogP contribution in [0.25, 0.3) is 0 Å². The highest BCUT2D eigenvalue weighted by atomic mass is 16.2. The van der Waals surface area contributed by atoms with Crippen molar-refractivity contribution in [2.24, 2.45) is 5.73 Å². The van der Waals surface area contributed by atoms with E-state index in [1.165, 1.54) is 0 Å². The van der Waals surface area contributed by atoms with Gasteiger partial charge in [0.25, 0.3) is 5.91 Å². The number of carbonyl (C=O) groups is 2. The fraction of sp³-hybridized carbons (Fsp3) is 0.118. The number of nitrogens with two attached hydrogens (primary N) is 1. The highest BCUT2D eigenvalue weighted by Crippen LogP contribution is 2.10. The molecule has 2 amide bonds. The van der Waals surface area contributed by atoms with Crippen molar-refractivity contribution >= 4 is 11.8 Å². The Bertz CT molecular complexity index is 720. The fourth-order valence-electron chi connectivity index (χ4n) is 2.08. The number of rotatable bonds is 5. The van der Waals surface area contributed by atoms with Crippen LogP contribution in [0.2, 0.25) is 0 Å². The van der Waals surface area contributed by atoms with Gasteiger partial charge in [-0.15, -0.1) is 0 Å². The summed E-state index contributed by atoms with van der Waals surface area (Å²) in [6, 6.07) is 16.7. The van der Waals surface area contributed by atoms with E-state index in [1.807, 2.05) is 0 Å². The molecule has 5 nitrogen and oxygen atoms in total. The van der Waals surface area contributed by atoms with Crippen molar-refractivity contribution in [2.75, 3.05) is 0 Å². The van der Waals surface area contributed by atoms with E-state index >= 15 is 0 Å². The normalized spacial score (nSPS) is 11.2. The Kier molecular flexibility index (Phi) is 4.89. The minimum atomic E-state index is -0.873. The molecule has 0 radical (unpaired) electrons. The van der Waals surface area contributed by atoms with Gasteiger partial charge in [0.1, 0.15) is 6.04 Å². The average molecular weight is 293 g/mol. The number of amides is 2.